The Bertz CT molecular complexity index is 853. The number of pyridine rings is 1. The number of rotatable bonds is 7. The minimum atomic E-state index is -3.54. The first-order valence-electron chi connectivity index (χ1n) is 9.05. The summed E-state index contributed by atoms with van der Waals surface area (Å²) in [4.78, 5) is 4.15. The number of halogens is 1. The van der Waals surface area contributed by atoms with Gasteiger partial charge in [0.2, 0.25) is 5.88 Å². The molecule has 0 saturated heterocycles. The molecule has 6 nitrogen and oxygen atoms in total. The monoisotopic (exact) mass is 393 g/mol. The molecule has 1 aliphatic rings. The first-order valence-corrected chi connectivity index (χ1v) is 10.5. The van der Waals surface area contributed by atoms with E-state index in [0.717, 1.165) is 25.7 Å². The number of nitrogens with zero attached hydrogens (tertiary/aromatic N) is 2. The highest BCUT2D eigenvalue weighted by molar-refractivity contribution is 7.87. The smallest absolute Gasteiger partial charge is 0.279 e. The Balaban J connectivity index is 1.56. The van der Waals surface area contributed by atoms with Crippen LogP contribution in [0.4, 0.5) is 4.39 Å². The first-order chi connectivity index (χ1) is 12.9. The van der Waals surface area contributed by atoms with E-state index in [4.69, 9.17) is 4.74 Å². The molecule has 0 bridgehead atoms. The lowest BCUT2D eigenvalue weighted by Gasteiger charge is -2.30. The Morgan fingerprint density at radius 2 is 2.00 bits per heavy atom. The van der Waals surface area contributed by atoms with Crippen LogP contribution in [-0.2, 0) is 16.8 Å². The average molecular weight is 393 g/mol. The molecule has 0 unspecified atom stereocenters. The Morgan fingerprint density at radius 1 is 1.22 bits per heavy atom. The fourth-order valence-corrected chi connectivity index (χ4v) is 4.30. The molecule has 1 saturated carbocycles. The average Bonchev–Trinajstić information content (AvgIpc) is 2.68. The maximum absolute atomic E-state index is 13.2. The van der Waals surface area contributed by atoms with Crippen molar-refractivity contribution in [3.05, 3.63) is 54.0 Å². The van der Waals surface area contributed by atoms with Gasteiger partial charge in [0.1, 0.15) is 11.6 Å². The number of ether oxygens (including phenoxy) is 1. The summed E-state index contributed by atoms with van der Waals surface area (Å²) in [6.45, 7) is 0.145. The van der Waals surface area contributed by atoms with Gasteiger partial charge in [-0.05, 0) is 30.5 Å². The van der Waals surface area contributed by atoms with Crippen LogP contribution in [0.15, 0.2) is 42.6 Å². The summed E-state index contributed by atoms with van der Waals surface area (Å²) in [5.41, 5.74) is 0.710. The second kappa shape index (κ2) is 8.77. The van der Waals surface area contributed by atoms with Crippen LogP contribution in [0, 0.1) is 5.82 Å². The van der Waals surface area contributed by atoms with Crippen LogP contribution < -0.4 is 9.46 Å². The SMILES string of the molecule is CN(C1CCCCC1)S(=O)(=O)NCc1ccc(Oc2cccc(F)c2)nc1. The molecule has 8 heteroatoms. The summed E-state index contributed by atoms with van der Waals surface area (Å²) < 4.78 is 47.7. The van der Waals surface area contributed by atoms with E-state index in [2.05, 4.69) is 9.71 Å². The molecule has 27 heavy (non-hydrogen) atoms. The molecule has 0 aliphatic heterocycles. The van der Waals surface area contributed by atoms with Gasteiger partial charge in [-0.25, -0.2) is 9.37 Å². The quantitative estimate of drug-likeness (QED) is 0.780. The van der Waals surface area contributed by atoms with Gasteiger partial charge in [-0.2, -0.15) is 17.4 Å². The normalized spacial score (nSPS) is 15.8. The van der Waals surface area contributed by atoms with Gasteiger partial charge in [0.15, 0.2) is 0 Å². The van der Waals surface area contributed by atoms with Crippen molar-refractivity contribution in [1.29, 1.82) is 0 Å². The van der Waals surface area contributed by atoms with Crippen LogP contribution in [0.25, 0.3) is 0 Å². The number of hydrogen-bond acceptors (Lipinski definition) is 4. The van der Waals surface area contributed by atoms with Crippen molar-refractivity contribution < 1.29 is 17.5 Å². The highest BCUT2D eigenvalue weighted by Crippen LogP contribution is 2.23. The van der Waals surface area contributed by atoms with E-state index in [1.165, 1.54) is 29.1 Å². The second-order valence-electron chi connectivity index (χ2n) is 6.70. The van der Waals surface area contributed by atoms with E-state index >= 15 is 0 Å². The third-order valence-corrected chi connectivity index (χ3v) is 6.31. The lowest BCUT2D eigenvalue weighted by atomic mass is 9.96. The second-order valence-corrected chi connectivity index (χ2v) is 8.51. The first kappa shape index (κ1) is 19.7. The number of nitrogens with one attached hydrogen (secondary N) is 1. The summed E-state index contributed by atoms with van der Waals surface area (Å²) in [5, 5.41) is 0. The summed E-state index contributed by atoms with van der Waals surface area (Å²) in [6, 6.07) is 9.20. The van der Waals surface area contributed by atoms with Crippen LogP contribution in [0.3, 0.4) is 0 Å². The Labute approximate surface area is 159 Å². The van der Waals surface area contributed by atoms with E-state index in [1.807, 2.05) is 0 Å². The molecule has 0 amide bonds. The highest BCUT2D eigenvalue weighted by Gasteiger charge is 2.27. The zero-order valence-corrected chi connectivity index (χ0v) is 16.1. The molecule has 1 aromatic heterocycles. The zero-order valence-electron chi connectivity index (χ0n) is 15.3. The molecule has 0 radical (unpaired) electrons. The largest absolute Gasteiger partial charge is 0.439 e. The molecule has 1 aromatic carbocycles. The lowest BCUT2D eigenvalue weighted by molar-refractivity contribution is 0.283. The number of benzene rings is 1. The molecular weight excluding hydrogens is 369 g/mol. The zero-order chi connectivity index (χ0) is 19.3. The van der Waals surface area contributed by atoms with Crippen LogP contribution >= 0.6 is 0 Å². The van der Waals surface area contributed by atoms with Crippen LogP contribution in [0.2, 0.25) is 0 Å². The molecule has 0 spiro atoms. The minimum absolute atomic E-state index is 0.0661. The Kier molecular flexibility index (Phi) is 6.41. The van der Waals surface area contributed by atoms with Gasteiger partial charge in [0.25, 0.3) is 10.2 Å². The summed E-state index contributed by atoms with van der Waals surface area (Å²) in [7, 11) is -1.91. The summed E-state index contributed by atoms with van der Waals surface area (Å²) in [6.07, 6.45) is 6.67. The molecule has 3 rings (SSSR count). The van der Waals surface area contributed by atoms with Gasteiger partial charge in [-0.3, -0.25) is 0 Å². The van der Waals surface area contributed by atoms with Crippen LogP contribution in [0.1, 0.15) is 37.7 Å². The summed E-state index contributed by atoms with van der Waals surface area (Å²) in [5.74, 6) is 0.275. The number of hydrogen-bond donors (Lipinski definition) is 1. The van der Waals surface area contributed by atoms with Crippen molar-refractivity contribution in [2.45, 2.75) is 44.7 Å². The van der Waals surface area contributed by atoms with Crippen molar-refractivity contribution in [1.82, 2.24) is 14.0 Å². The highest BCUT2D eigenvalue weighted by atomic mass is 32.2. The lowest BCUT2D eigenvalue weighted by Crippen LogP contribution is -2.44. The predicted octanol–water partition coefficient (Wildman–Crippen LogP) is 3.61. The minimum Gasteiger partial charge on any atom is -0.439 e. The molecule has 1 heterocycles. The molecule has 146 valence electrons. The third kappa shape index (κ3) is 5.47. The van der Waals surface area contributed by atoms with Gasteiger partial charge >= 0.3 is 0 Å². The topological polar surface area (TPSA) is 71.5 Å². The number of aromatic nitrogens is 1. The standard InChI is InChI=1S/C19H24FN3O3S/c1-23(17-7-3-2-4-8-17)27(24,25)22-14-15-10-11-19(21-13-15)26-18-9-5-6-16(20)12-18/h5-6,9-13,17,22H,2-4,7-8,14H2,1H3. The van der Waals surface area contributed by atoms with Crippen molar-refractivity contribution in [3.63, 3.8) is 0 Å². The Hall–Kier alpha value is -2.03. The van der Waals surface area contributed by atoms with E-state index in [0.29, 0.717) is 17.2 Å². The van der Waals surface area contributed by atoms with Crippen molar-refractivity contribution in [2.75, 3.05) is 7.05 Å². The fraction of sp³-hybridized carbons (Fsp3) is 0.421. The van der Waals surface area contributed by atoms with Crippen molar-refractivity contribution >= 4 is 10.2 Å². The molecule has 0 atom stereocenters. The van der Waals surface area contributed by atoms with Crippen molar-refractivity contribution in [2.24, 2.45) is 0 Å². The van der Waals surface area contributed by atoms with Crippen LogP contribution in [-0.4, -0.2) is 30.8 Å². The van der Waals surface area contributed by atoms with Gasteiger partial charge in [0, 0.05) is 38.0 Å². The molecule has 2 aromatic rings. The maximum atomic E-state index is 13.2. The maximum Gasteiger partial charge on any atom is 0.279 e. The van der Waals surface area contributed by atoms with Gasteiger partial charge < -0.3 is 4.74 Å². The van der Waals surface area contributed by atoms with E-state index in [1.54, 1.807) is 31.3 Å². The molecular formula is C19H24FN3O3S. The third-order valence-electron chi connectivity index (χ3n) is 4.74. The molecule has 1 fully saturated rings. The predicted molar refractivity (Wildman–Crippen MR) is 101 cm³/mol. The Morgan fingerprint density at radius 3 is 2.67 bits per heavy atom. The molecule has 1 N–H and O–H groups in total. The van der Waals surface area contributed by atoms with Gasteiger partial charge in [0.05, 0.1) is 0 Å². The molecule has 1 aliphatic carbocycles. The van der Waals surface area contributed by atoms with E-state index < -0.39 is 10.2 Å². The summed E-state index contributed by atoms with van der Waals surface area (Å²) >= 11 is 0. The van der Waals surface area contributed by atoms with Crippen molar-refractivity contribution in [3.8, 4) is 11.6 Å². The van der Waals surface area contributed by atoms with E-state index in [-0.39, 0.29) is 18.4 Å². The van der Waals surface area contributed by atoms with E-state index in [9.17, 15) is 12.8 Å². The van der Waals surface area contributed by atoms with Gasteiger partial charge in [-0.1, -0.05) is 31.4 Å². The van der Waals surface area contributed by atoms with Gasteiger partial charge in [-0.15, -0.1) is 0 Å². The fourth-order valence-electron chi connectivity index (χ4n) is 3.14. The van der Waals surface area contributed by atoms with Crippen LogP contribution in [0.5, 0.6) is 11.6 Å².